The highest BCUT2D eigenvalue weighted by molar-refractivity contribution is 4.74. The third-order valence-electron chi connectivity index (χ3n) is 2.71. The van der Waals surface area contributed by atoms with E-state index in [1.54, 1.807) is 0 Å². The van der Waals surface area contributed by atoms with Gasteiger partial charge in [-0.05, 0) is 19.3 Å². The van der Waals surface area contributed by atoms with E-state index >= 15 is 0 Å². The van der Waals surface area contributed by atoms with E-state index in [2.05, 4.69) is 25.7 Å². The summed E-state index contributed by atoms with van der Waals surface area (Å²) in [5.41, 5.74) is 0. The van der Waals surface area contributed by atoms with Crippen molar-refractivity contribution in [3.05, 3.63) is 0 Å². The van der Waals surface area contributed by atoms with E-state index in [0.717, 1.165) is 19.7 Å². The zero-order valence-corrected chi connectivity index (χ0v) is 9.57. The van der Waals surface area contributed by atoms with Crippen LogP contribution in [0.2, 0.25) is 0 Å². The van der Waals surface area contributed by atoms with Gasteiger partial charge in [0.05, 0.1) is 19.3 Å². The Hall–Kier alpha value is -0.120. The average molecular weight is 201 g/mol. The van der Waals surface area contributed by atoms with Crippen molar-refractivity contribution in [1.82, 2.24) is 4.90 Å². The summed E-state index contributed by atoms with van der Waals surface area (Å²) in [6.45, 7) is 9.66. The second kappa shape index (κ2) is 5.69. The van der Waals surface area contributed by atoms with Crippen LogP contribution in [0.15, 0.2) is 0 Å². The Kier molecular flexibility index (Phi) is 4.85. The van der Waals surface area contributed by atoms with E-state index in [1.807, 2.05) is 0 Å². The number of aliphatic hydroxyl groups is 1. The topological polar surface area (TPSA) is 32.7 Å². The van der Waals surface area contributed by atoms with Crippen LogP contribution in [0.4, 0.5) is 0 Å². The molecule has 3 heteroatoms. The van der Waals surface area contributed by atoms with Crippen LogP contribution in [0.25, 0.3) is 0 Å². The predicted octanol–water partition coefficient (Wildman–Crippen LogP) is 1.11. The molecule has 84 valence electrons. The Labute approximate surface area is 87.1 Å². The highest BCUT2D eigenvalue weighted by Gasteiger charge is 2.21. The van der Waals surface area contributed by atoms with Crippen LogP contribution in [0.5, 0.6) is 0 Å². The molecule has 0 spiro atoms. The third kappa shape index (κ3) is 3.95. The van der Waals surface area contributed by atoms with Crippen molar-refractivity contribution >= 4 is 0 Å². The molecule has 14 heavy (non-hydrogen) atoms. The van der Waals surface area contributed by atoms with Crippen LogP contribution >= 0.6 is 0 Å². The first-order chi connectivity index (χ1) is 6.59. The van der Waals surface area contributed by atoms with E-state index in [-0.39, 0.29) is 6.10 Å². The van der Waals surface area contributed by atoms with E-state index < -0.39 is 0 Å². The van der Waals surface area contributed by atoms with E-state index in [4.69, 9.17) is 4.74 Å². The lowest BCUT2D eigenvalue weighted by Gasteiger charge is -2.29. The zero-order valence-electron chi connectivity index (χ0n) is 9.57. The highest BCUT2D eigenvalue weighted by Crippen LogP contribution is 2.13. The summed E-state index contributed by atoms with van der Waals surface area (Å²) in [5.74, 6) is 0.714. The van der Waals surface area contributed by atoms with Crippen LogP contribution in [0.3, 0.4) is 0 Å². The molecule has 0 aromatic rings. The van der Waals surface area contributed by atoms with Crippen LogP contribution < -0.4 is 0 Å². The molecule has 0 aromatic carbocycles. The monoisotopic (exact) mass is 201 g/mol. The summed E-state index contributed by atoms with van der Waals surface area (Å²) in [7, 11) is 0. The first-order valence-corrected chi connectivity index (χ1v) is 5.59. The van der Waals surface area contributed by atoms with Crippen molar-refractivity contribution in [3.8, 4) is 0 Å². The fraction of sp³-hybridized carbons (Fsp3) is 1.00. The number of nitrogens with zero attached hydrogens (tertiary/aromatic N) is 1. The van der Waals surface area contributed by atoms with Gasteiger partial charge in [0.25, 0.3) is 0 Å². The first kappa shape index (κ1) is 12.0. The number of ether oxygens (including phenoxy) is 1. The largest absolute Gasteiger partial charge is 0.389 e. The molecule has 3 nitrogen and oxygen atoms in total. The van der Waals surface area contributed by atoms with Gasteiger partial charge in [-0.3, -0.25) is 4.90 Å². The minimum atomic E-state index is -0.313. The van der Waals surface area contributed by atoms with E-state index in [1.165, 1.54) is 6.42 Å². The number of rotatable bonds is 3. The van der Waals surface area contributed by atoms with E-state index in [9.17, 15) is 5.11 Å². The van der Waals surface area contributed by atoms with Crippen molar-refractivity contribution in [2.24, 2.45) is 5.92 Å². The molecule has 0 saturated carbocycles. The maximum atomic E-state index is 9.58. The number of β-amino-alcohol motifs (C(OH)–C–C–N with tert-alkyl or cyclic N) is 1. The standard InChI is InChI=1S/C11H23NO2/c1-9(2)6-10(3)12-4-5-14-8-11(13)7-12/h9-11,13H,4-8H2,1-3H3. The van der Waals surface area contributed by atoms with Gasteiger partial charge in [0.15, 0.2) is 0 Å². The van der Waals surface area contributed by atoms with Crippen molar-refractivity contribution < 1.29 is 9.84 Å². The Morgan fingerprint density at radius 1 is 1.43 bits per heavy atom. The van der Waals surface area contributed by atoms with Gasteiger partial charge in [-0.15, -0.1) is 0 Å². The van der Waals surface area contributed by atoms with E-state index in [0.29, 0.717) is 18.6 Å². The van der Waals surface area contributed by atoms with Crippen LogP contribution in [-0.2, 0) is 4.74 Å². The molecule has 1 heterocycles. The minimum absolute atomic E-state index is 0.313. The molecule has 1 aliphatic rings. The second-order valence-corrected chi connectivity index (χ2v) is 4.70. The molecule has 1 fully saturated rings. The third-order valence-corrected chi connectivity index (χ3v) is 2.71. The van der Waals surface area contributed by atoms with Gasteiger partial charge in [0.1, 0.15) is 0 Å². The first-order valence-electron chi connectivity index (χ1n) is 5.59. The van der Waals surface area contributed by atoms with Gasteiger partial charge in [-0.25, -0.2) is 0 Å². The smallest absolute Gasteiger partial charge is 0.0900 e. The summed E-state index contributed by atoms with van der Waals surface area (Å²) in [6, 6.07) is 0.548. The molecular weight excluding hydrogens is 178 g/mol. The summed E-state index contributed by atoms with van der Waals surface area (Å²) in [5, 5.41) is 9.58. The van der Waals surface area contributed by atoms with Gasteiger partial charge in [0, 0.05) is 19.1 Å². The maximum absolute atomic E-state index is 9.58. The molecule has 1 aliphatic heterocycles. The summed E-state index contributed by atoms with van der Waals surface area (Å²) >= 11 is 0. The van der Waals surface area contributed by atoms with Gasteiger partial charge >= 0.3 is 0 Å². The molecule has 2 atom stereocenters. The molecule has 0 bridgehead atoms. The van der Waals surface area contributed by atoms with Crippen molar-refractivity contribution in [1.29, 1.82) is 0 Å². The molecule has 0 aromatic heterocycles. The van der Waals surface area contributed by atoms with Crippen LogP contribution in [0, 0.1) is 5.92 Å². The van der Waals surface area contributed by atoms with Crippen molar-refractivity contribution in [3.63, 3.8) is 0 Å². The molecule has 2 unspecified atom stereocenters. The maximum Gasteiger partial charge on any atom is 0.0900 e. The molecule has 1 N–H and O–H groups in total. The summed E-state index contributed by atoms with van der Waals surface area (Å²) < 4.78 is 5.30. The fourth-order valence-corrected chi connectivity index (χ4v) is 2.05. The second-order valence-electron chi connectivity index (χ2n) is 4.70. The number of hydrogen-bond acceptors (Lipinski definition) is 3. The Morgan fingerprint density at radius 2 is 2.14 bits per heavy atom. The quantitative estimate of drug-likeness (QED) is 0.742. The predicted molar refractivity (Wildman–Crippen MR) is 57.3 cm³/mol. The normalized spacial score (nSPS) is 27.6. The lowest BCUT2D eigenvalue weighted by molar-refractivity contribution is 0.0542. The Morgan fingerprint density at radius 3 is 2.79 bits per heavy atom. The molecule has 1 saturated heterocycles. The Bertz CT molecular complexity index is 161. The van der Waals surface area contributed by atoms with Gasteiger partial charge in [0.2, 0.25) is 0 Å². The summed E-state index contributed by atoms with van der Waals surface area (Å²) in [4.78, 5) is 2.33. The fourth-order valence-electron chi connectivity index (χ4n) is 2.05. The number of aliphatic hydroxyl groups excluding tert-OH is 1. The van der Waals surface area contributed by atoms with Crippen LogP contribution in [-0.4, -0.2) is 48.5 Å². The number of hydrogen-bond donors (Lipinski definition) is 1. The van der Waals surface area contributed by atoms with Crippen molar-refractivity contribution in [2.45, 2.75) is 39.3 Å². The molecule has 0 radical (unpaired) electrons. The Balaban J connectivity index is 2.39. The summed E-state index contributed by atoms with van der Waals surface area (Å²) in [6.07, 6.45) is 0.874. The highest BCUT2D eigenvalue weighted by atomic mass is 16.5. The molecule has 1 rings (SSSR count). The minimum Gasteiger partial charge on any atom is -0.389 e. The SMILES string of the molecule is CC(C)CC(C)N1CCOCC(O)C1. The van der Waals surface area contributed by atoms with Crippen LogP contribution in [0.1, 0.15) is 27.2 Å². The average Bonchev–Trinajstić information content (AvgIpc) is 2.28. The van der Waals surface area contributed by atoms with Crippen molar-refractivity contribution in [2.75, 3.05) is 26.3 Å². The molecular formula is C11H23NO2. The molecule has 0 amide bonds. The van der Waals surface area contributed by atoms with Gasteiger partial charge in [-0.1, -0.05) is 13.8 Å². The van der Waals surface area contributed by atoms with Gasteiger partial charge in [-0.2, -0.15) is 0 Å². The van der Waals surface area contributed by atoms with Gasteiger partial charge < -0.3 is 9.84 Å². The lowest BCUT2D eigenvalue weighted by atomic mass is 10.0. The zero-order chi connectivity index (χ0) is 10.6. The molecule has 0 aliphatic carbocycles. The lowest BCUT2D eigenvalue weighted by Crippen LogP contribution is -2.39.